The standard InChI is InChI=1S/C17H26N2O4S/c1-13-9-14(22-2)15(24-13)16(20)19-7-8-23-12-17(21,11-19)10-18-5-3-4-6-18/h9,21H,3-8,10-12H2,1-2H3/t17-/m1/s1. The van der Waals surface area contributed by atoms with Crippen LogP contribution in [0.3, 0.4) is 0 Å². The van der Waals surface area contributed by atoms with Gasteiger partial charge in [-0.05, 0) is 38.9 Å². The Kier molecular flexibility index (Phi) is 5.44. The number of rotatable bonds is 4. The average molecular weight is 354 g/mol. The zero-order valence-corrected chi connectivity index (χ0v) is 15.2. The number of likely N-dealkylation sites (tertiary alicyclic amines) is 1. The van der Waals surface area contributed by atoms with Gasteiger partial charge in [0.2, 0.25) is 0 Å². The van der Waals surface area contributed by atoms with Crippen LogP contribution in [0.1, 0.15) is 27.4 Å². The Hall–Kier alpha value is -1.15. The van der Waals surface area contributed by atoms with Crippen LogP contribution in [0.15, 0.2) is 6.07 Å². The highest BCUT2D eigenvalue weighted by atomic mass is 32.1. The summed E-state index contributed by atoms with van der Waals surface area (Å²) in [5.41, 5.74) is -1.02. The van der Waals surface area contributed by atoms with Gasteiger partial charge in [0.25, 0.3) is 5.91 Å². The molecule has 0 radical (unpaired) electrons. The van der Waals surface area contributed by atoms with Crippen molar-refractivity contribution < 1.29 is 19.4 Å². The van der Waals surface area contributed by atoms with E-state index in [4.69, 9.17) is 9.47 Å². The quantitative estimate of drug-likeness (QED) is 0.885. The maximum absolute atomic E-state index is 12.9. The van der Waals surface area contributed by atoms with Gasteiger partial charge in [-0.25, -0.2) is 0 Å². The number of methoxy groups -OCH3 is 1. The van der Waals surface area contributed by atoms with Gasteiger partial charge in [-0.2, -0.15) is 0 Å². The minimum atomic E-state index is -1.02. The van der Waals surface area contributed by atoms with Crippen LogP contribution in [-0.2, 0) is 4.74 Å². The van der Waals surface area contributed by atoms with Crippen molar-refractivity contribution in [1.82, 2.24) is 9.80 Å². The molecule has 0 aliphatic carbocycles. The fourth-order valence-corrected chi connectivity index (χ4v) is 4.43. The smallest absolute Gasteiger partial charge is 0.267 e. The van der Waals surface area contributed by atoms with Crippen molar-refractivity contribution in [3.8, 4) is 5.75 Å². The van der Waals surface area contributed by atoms with Crippen LogP contribution in [-0.4, -0.2) is 79.5 Å². The van der Waals surface area contributed by atoms with Crippen LogP contribution >= 0.6 is 11.3 Å². The van der Waals surface area contributed by atoms with Crippen molar-refractivity contribution in [3.63, 3.8) is 0 Å². The molecule has 2 aliphatic rings. The van der Waals surface area contributed by atoms with E-state index < -0.39 is 5.60 Å². The Morgan fingerprint density at radius 3 is 2.88 bits per heavy atom. The summed E-state index contributed by atoms with van der Waals surface area (Å²) in [6.45, 7) is 6.03. The predicted octanol–water partition coefficient (Wildman–Crippen LogP) is 1.36. The number of ether oxygens (including phenoxy) is 2. The monoisotopic (exact) mass is 354 g/mol. The second-order valence-corrected chi connectivity index (χ2v) is 8.00. The molecule has 1 amide bonds. The second kappa shape index (κ2) is 7.39. The molecule has 0 aromatic carbocycles. The number of nitrogens with zero attached hydrogens (tertiary/aromatic N) is 2. The molecule has 0 spiro atoms. The van der Waals surface area contributed by atoms with Crippen LogP contribution in [0.4, 0.5) is 0 Å². The summed E-state index contributed by atoms with van der Waals surface area (Å²) in [4.78, 5) is 18.5. The van der Waals surface area contributed by atoms with Crippen molar-refractivity contribution in [1.29, 1.82) is 0 Å². The molecule has 1 N–H and O–H groups in total. The third-order valence-electron chi connectivity index (χ3n) is 4.60. The molecule has 1 aromatic rings. The molecular formula is C17H26N2O4S. The molecule has 1 atom stereocenters. The molecule has 0 bridgehead atoms. The van der Waals surface area contributed by atoms with Gasteiger partial charge in [-0.1, -0.05) is 0 Å². The Bertz CT molecular complexity index is 585. The highest BCUT2D eigenvalue weighted by Gasteiger charge is 2.37. The lowest BCUT2D eigenvalue weighted by atomic mass is 10.0. The SMILES string of the molecule is COc1cc(C)sc1C(=O)N1CCOC[C@@](O)(CN2CCCC2)C1. The van der Waals surface area contributed by atoms with Gasteiger partial charge in [0.05, 0.1) is 26.9 Å². The number of aliphatic hydroxyl groups is 1. The van der Waals surface area contributed by atoms with Crippen LogP contribution in [0, 0.1) is 6.92 Å². The van der Waals surface area contributed by atoms with E-state index in [0.29, 0.717) is 36.9 Å². The number of β-amino-alcohol motifs (C(OH)–C–C–N with tert-alkyl or cyclic N) is 1. The highest BCUT2D eigenvalue weighted by molar-refractivity contribution is 7.14. The van der Waals surface area contributed by atoms with Crippen LogP contribution in [0.25, 0.3) is 0 Å². The number of hydrogen-bond acceptors (Lipinski definition) is 6. The average Bonchev–Trinajstić information content (AvgIpc) is 3.13. The van der Waals surface area contributed by atoms with Gasteiger partial charge in [0.15, 0.2) is 0 Å². The first kappa shape index (κ1) is 17.7. The summed E-state index contributed by atoms with van der Waals surface area (Å²) in [6.07, 6.45) is 2.34. The summed E-state index contributed by atoms with van der Waals surface area (Å²) in [5.74, 6) is 0.519. The minimum absolute atomic E-state index is 0.0877. The maximum atomic E-state index is 12.9. The lowest BCUT2D eigenvalue weighted by Crippen LogP contribution is -2.52. The molecule has 3 rings (SSSR count). The van der Waals surface area contributed by atoms with E-state index >= 15 is 0 Å². The van der Waals surface area contributed by atoms with E-state index in [1.807, 2.05) is 13.0 Å². The zero-order chi connectivity index (χ0) is 17.2. The Labute approximate surface area is 147 Å². The fourth-order valence-electron chi connectivity index (χ4n) is 3.48. The molecule has 6 nitrogen and oxygen atoms in total. The van der Waals surface area contributed by atoms with Crippen molar-refractivity contribution >= 4 is 17.2 Å². The van der Waals surface area contributed by atoms with Gasteiger partial charge >= 0.3 is 0 Å². The number of carbonyl (C=O) groups excluding carboxylic acids is 1. The third kappa shape index (κ3) is 3.91. The Morgan fingerprint density at radius 1 is 1.42 bits per heavy atom. The number of hydrogen-bond donors (Lipinski definition) is 1. The second-order valence-electron chi connectivity index (χ2n) is 6.74. The van der Waals surface area contributed by atoms with E-state index in [2.05, 4.69) is 4.90 Å². The topological polar surface area (TPSA) is 62.2 Å². The lowest BCUT2D eigenvalue weighted by Gasteiger charge is -2.33. The van der Waals surface area contributed by atoms with Crippen molar-refractivity contribution in [2.24, 2.45) is 0 Å². The van der Waals surface area contributed by atoms with Crippen LogP contribution in [0.2, 0.25) is 0 Å². The summed E-state index contributed by atoms with van der Waals surface area (Å²) in [7, 11) is 1.58. The normalized spacial score (nSPS) is 25.7. The first-order chi connectivity index (χ1) is 11.5. The van der Waals surface area contributed by atoms with E-state index in [-0.39, 0.29) is 12.5 Å². The number of amides is 1. The molecule has 1 aromatic heterocycles. The molecule has 2 aliphatic heterocycles. The summed E-state index contributed by atoms with van der Waals surface area (Å²) in [6, 6.07) is 1.88. The van der Waals surface area contributed by atoms with Crippen molar-refractivity contribution in [3.05, 3.63) is 15.8 Å². The molecule has 24 heavy (non-hydrogen) atoms. The van der Waals surface area contributed by atoms with Crippen molar-refractivity contribution in [2.75, 3.05) is 53.0 Å². The minimum Gasteiger partial charge on any atom is -0.495 e. The number of aryl methyl sites for hydroxylation is 1. The summed E-state index contributed by atoms with van der Waals surface area (Å²) in [5, 5.41) is 11.0. The van der Waals surface area contributed by atoms with Gasteiger partial charge in [0.1, 0.15) is 16.2 Å². The molecule has 3 heterocycles. The molecular weight excluding hydrogens is 328 g/mol. The summed E-state index contributed by atoms with van der Waals surface area (Å²) >= 11 is 1.43. The number of thiophene rings is 1. The van der Waals surface area contributed by atoms with Crippen LogP contribution < -0.4 is 4.74 Å². The van der Waals surface area contributed by atoms with Gasteiger partial charge in [0, 0.05) is 18.0 Å². The molecule has 0 saturated carbocycles. The molecule has 0 unspecified atom stereocenters. The van der Waals surface area contributed by atoms with E-state index in [1.54, 1.807) is 12.0 Å². The largest absolute Gasteiger partial charge is 0.495 e. The number of carbonyl (C=O) groups is 1. The van der Waals surface area contributed by atoms with Gasteiger partial charge < -0.3 is 24.4 Å². The molecule has 134 valence electrons. The van der Waals surface area contributed by atoms with E-state index in [1.165, 1.54) is 24.2 Å². The van der Waals surface area contributed by atoms with Gasteiger partial charge in [-0.3, -0.25) is 4.79 Å². The third-order valence-corrected chi connectivity index (χ3v) is 5.62. The Morgan fingerprint density at radius 2 is 2.17 bits per heavy atom. The molecule has 7 heteroatoms. The lowest BCUT2D eigenvalue weighted by molar-refractivity contribution is -0.0524. The van der Waals surface area contributed by atoms with E-state index in [9.17, 15) is 9.90 Å². The highest BCUT2D eigenvalue weighted by Crippen LogP contribution is 2.30. The first-order valence-corrected chi connectivity index (χ1v) is 9.28. The maximum Gasteiger partial charge on any atom is 0.267 e. The van der Waals surface area contributed by atoms with Crippen LogP contribution in [0.5, 0.6) is 5.75 Å². The molecule has 2 saturated heterocycles. The van der Waals surface area contributed by atoms with E-state index in [0.717, 1.165) is 18.0 Å². The molecule has 2 fully saturated rings. The summed E-state index contributed by atoms with van der Waals surface area (Å²) < 4.78 is 10.9. The Balaban J connectivity index is 1.75. The zero-order valence-electron chi connectivity index (χ0n) is 14.4. The fraction of sp³-hybridized carbons (Fsp3) is 0.706. The first-order valence-electron chi connectivity index (χ1n) is 8.47. The van der Waals surface area contributed by atoms with Crippen molar-refractivity contribution in [2.45, 2.75) is 25.4 Å². The predicted molar refractivity (Wildman–Crippen MR) is 93.0 cm³/mol. The van der Waals surface area contributed by atoms with Gasteiger partial charge in [-0.15, -0.1) is 11.3 Å².